The van der Waals surface area contributed by atoms with Crippen LogP contribution in [0, 0.1) is 11.3 Å². The molecule has 0 saturated carbocycles. The predicted octanol–water partition coefficient (Wildman–Crippen LogP) is 4.94. The number of hydrogen-bond donors (Lipinski definition) is 1. The number of anilines is 1. The van der Waals surface area contributed by atoms with Crippen molar-refractivity contribution in [3.05, 3.63) is 60.7 Å². The summed E-state index contributed by atoms with van der Waals surface area (Å²) in [6.45, 7) is 6.39. The van der Waals surface area contributed by atoms with Crippen LogP contribution in [0.15, 0.2) is 55.1 Å². The van der Waals surface area contributed by atoms with E-state index in [2.05, 4.69) is 22.5 Å². The summed E-state index contributed by atoms with van der Waals surface area (Å²) in [5.74, 6) is 0.744. The summed E-state index contributed by atoms with van der Waals surface area (Å²) in [4.78, 5) is 11.7. The van der Waals surface area contributed by atoms with Gasteiger partial charge < -0.3 is 14.0 Å². The molecule has 0 fully saturated rings. The summed E-state index contributed by atoms with van der Waals surface area (Å²) >= 11 is 0. The number of nitrogens with zero attached hydrogens (tertiary/aromatic N) is 2. The highest BCUT2D eigenvalue weighted by Gasteiger charge is 2.18. The lowest BCUT2D eigenvalue weighted by Gasteiger charge is -2.10. The highest BCUT2D eigenvalue weighted by atomic mass is 16.5. The zero-order valence-corrected chi connectivity index (χ0v) is 15.9. The smallest absolute Gasteiger partial charge is 0.411 e. The van der Waals surface area contributed by atoms with Gasteiger partial charge in [0.25, 0.3) is 0 Å². The van der Waals surface area contributed by atoms with Gasteiger partial charge in [0.05, 0.1) is 23.9 Å². The SMILES string of the molecule is C=CCOC(=O)Nc1ccc(-c2c(C#N)c3ccc(OC)cc3n2CC)cc1. The molecule has 0 aliphatic heterocycles. The van der Waals surface area contributed by atoms with Crippen molar-refractivity contribution < 1.29 is 14.3 Å². The number of carbonyl (C=O) groups is 1. The number of aromatic nitrogens is 1. The number of amides is 1. The van der Waals surface area contributed by atoms with E-state index in [9.17, 15) is 10.1 Å². The molecule has 0 spiro atoms. The van der Waals surface area contributed by atoms with E-state index in [4.69, 9.17) is 9.47 Å². The second-order valence-corrected chi connectivity index (χ2v) is 6.05. The first-order valence-corrected chi connectivity index (χ1v) is 8.88. The molecule has 142 valence electrons. The molecule has 0 unspecified atom stereocenters. The second-order valence-electron chi connectivity index (χ2n) is 6.05. The van der Waals surface area contributed by atoms with Gasteiger partial charge in [-0.1, -0.05) is 24.8 Å². The van der Waals surface area contributed by atoms with E-state index < -0.39 is 6.09 Å². The Labute approximate surface area is 163 Å². The fraction of sp³-hybridized carbons (Fsp3) is 0.182. The van der Waals surface area contributed by atoms with Crippen LogP contribution in [0.5, 0.6) is 5.75 Å². The average molecular weight is 375 g/mol. The molecule has 0 bridgehead atoms. The van der Waals surface area contributed by atoms with E-state index in [1.165, 1.54) is 6.08 Å². The standard InChI is InChI=1S/C22H21N3O3/c1-4-12-28-22(26)24-16-8-6-15(7-9-16)21-19(14-23)18-11-10-17(27-3)13-20(18)25(21)5-2/h4,6-11,13H,1,5,12H2,2-3H3,(H,24,26). The lowest BCUT2D eigenvalue weighted by atomic mass is 10.1. The van der Waals surface area contributed by atoms with Gasteiger partial charge in [-0.25, -0.2) is 4.79 Å². The largest absolute Gasteiger partial charge is 0.497 e. The summed E-state index contributed by atoms with van der Waals surface area (Å²) in [5.41, 5.74) is 3.90. The van der Waals surface area contributed by atoms with E-state index in [-0.39, 0.29) is 6.61 Å². The van der Waals surface area contributed by atoms with Crippen molar-refractivity contribution in [3.8, 4) is 23.1 Å². The molecule has 0 radical (unpaired) electrons. The molecule has 2 aromatic carbocycles. The molecule has 0 aliphatic carbocycles. The molecule has 28 heavy (non-hydrogen) atoms. The maximum Gasteiger partial charge on any atom is 0.411 e. The zero-order valence-electron chi connectivity index (χ0n) is 15.9. The van der Waals surface area contributed by atoms with Gasteiger partial charge in [0, 0.05) is 23.7 Å². The maximum atomic E-state index is 11.7. The minimum Gasteiger partial charge on any atom is -0.497 e. The summed E-state index contributed by atoms with van der Waals surface area (Å²) in [6, 6.07) is 15.4. The molecule has 0 atom stereocenters. The third kappa shape index (κ3) is 3.55. The van der Waals surface area contributed by atoms with Crippen LogP contribution in [0.2, 0.25) is 0 Å². The molecular formula is C22H21N3O3. The fourth-order valence-corrected chi connectivity index (χ4v) is 3.20. The van der Waals surface area contributed by atoms with Crippen LogP contribution in [-0.4, -0.2) is 24.4 Å². The van der Waals surface area contributed by atoms with Crippen LogP contribution in [0.4, 0.5) is 10.5 Å². The van der Waals surface area contributed by atoms with E-state index >= 15 is 0 Å². The molecule has 1 N–H and O–H groups in total. The van der Waals surface area contributed by atoms with E-state index in [0.717, 1.165) is 27.9 Å². The Morgan fingerprint density at radius 2 is 2.04 bits per heavy atom. The number of fused-ring (bicyclic) bond motifs is 1. The Hall–Kier alpha value is -3.72. The van der Waals surface area contributed by atoms with Crippen LogP contribution < -0.4 is 10.1 Å². The van der Waals surface area contributed by atoms with Crippen LogP contribution in [0.1, 0.15) is 12.5 Å². The molecule has 0 saturated heterocycles. The fourth-order valence-electron chi connectivity index (χ4n) is 3.20. The Balaban J connectivity index is 2.02. The molecule has 6 nitrogen and oxygen atoms in total. The predicted molar refractivity (Wildman–Crippen MR) is 109 cm³/mol. The Bertz CT molecular complexity index is 1060. The Morgan fingerprint density at radius 1 is 1.29 bits per heavy atom. The quantitative estimate of drug-likeness (QED) is 0.619. The number of benzene rings is 2. The first-order valence-electron chi connectivity index (χ1n) is 8.88. The number of nitrogens with one attached hydrogen (secondary N) is 1. The van der Waals surface area contributed by atoms with Crippen LogP contribution >= 0.6 is 0 Å². The van der Waals surface area contributed by atoms with Gasteiger partial charge in [-0.3, -0.25) is 5.32 Å². The van der Waals surface area contributed by atoms with Crippen molar-refractivity contribution in [1.82, 2.24) is 4.57 Å². The van der Waals surface area contributed by atoms with Gasteiger partial charge in [-0.15, -0.1) is 0 Å². The summed E-state index contributed by atoms with van der Waals surface area (Å²) in [7, 11) is 1.62. The van der Waals surface area contributed by atoms with E-state index in [0.29, 0.717) is 17.8 Å². The van der Waals surface area contributed by atoms with Crippen molar-refractivity contribution in [2.24, 2.45) is 0 Å². The van der Waals surface area contributed by atoms with Crippen molar-refractivity contribution in [2.45, 2.75) is 13.5 Å². The monoisotopic (exact) mass is 375 g/mol. The second kappa shape index (κ2) is 8.31. The number of hydrogen-bond acceptors (Lipinski definition) is 4. The molecule has 3 aromatic rings. The number of aryl methyl sites for hydroxylation is 1. The van der Waals surface area contributed by atoms with Crippen LogP contribution in [0.3, 0.4) is 0 Å². The number of rotatable bonds is 6. The maximum absolute atomic E-state index is 11.7. The van der Waals surface area contributed by atoms with Crippen LogP contribution in [-0.2, 0) is 11.3 Å². The lowest BCUT2D eigenvalue weighted by Crippen LogP contribution is -2.13. The molecule has 0 aliphatic rings. The third-order valence-electron chi connectivity index (χ3n) is 4.44. The molecule has 6 heteroatoms. The third-order valence-corrected chi connectivity index (χ3v) is 4.44. The number of carbonyl (C=O) groups excluding carboxylic acids is 1. The Morgan fingerprint density at radius 3 is 2.64 bits per heavy atom. The highest BCUT2D eigenvalue weighted by Crippen LogP contribution is 2.35. The molecule has 1 heterocycles. The summed E-state index contributed by atoms with van der Waals surface area (Å²) in [5, 5.41) is 13.3. The first kappa shape index (κ1) is 19.1. The van der Waals surface area contributed by atoms with Gasteiger partial charge in [0.15, 0.2) is 0 Å². The Kier molecular flexibility index (Phi) is 5.66. The van der Waals surface area contributed by atoms with Crippen molar-refractivity contribution in [3.63, 3.8) is 0 Å². The van der Waals surface area contributed by atoms with Crippen molar-refractivity contribution >= 4 is 22.7 Å². The van der Waals surface area contributed by atoms with Gasteiger partial charge in [-0.2, -0.15) is 5.26 Å². The molecular weight excluding hydrogens is 354 g/mol. The average Bonchev–Trinajstić information content (AvgIpc) is 3.05. The number of nitriles is 1. The van der Waals surface area contributed by atoms with E-state index in [1.54, 1.807) is 19.2 Å². The summed E-state index contributed by atoms with van der Waals surface area (Å²) in [6.07, 6.45) is 0.963. The highest BCUT2D eigenvalue weighted by molar-refractivity contribution is 5.95. The number of methoxy groups -OCH3 is 1. The van der Waals surface area contributed by atoms with Crippen molar-refractivity contribution in [1.29, 1.82) is 5.26 Å². The first-order chi connectivity index (χ1) is 13.6. The normalized spacial score (nSPS) is 10.3. The van der Waals surface area contributed by atoms with Gasteiger partial charge in [0.1, 0.15) is 18.4 Å². The van der Waals surface area contributed by atoms with Gasteiger partial charge >= 0.3 is 6.09 Å². The zero-order chi connectivity index (χ0) is 20.1. The minimum atomic E-state index is -0.542. The lowest BCUT2D eigenvalue weighted by molar-refractivity contribution is 0.174. The van der Waals surface area contributed by atoms with Crippen molar-refractivity contribution in [2.75, 3.05) is 19.0 Å². The van der Waals surface area contributed by atoms with Gasteiger partial charge in [0.2, 0.25) is 0 Å². The van der Waals surface area contributed by atoms with Crippen LogP contribution in [0.25, 0.3) is 22.2 Å². The molecule has 3 rings (SSSR count). The summed E-state index contributed by atoms with van der Waals surface area (Å²) < 4.78 is 12.3. The van der Waals surface area contributed by atoms with E-state index in [1.807, 2.05) is 37.3 Å². The molecule has 1 amide bonds. The topological polar surface area (TPSA) is 76.3 Å². The minimum absolute atomic E-state index is 0.148. The number of ether oxygens (including phenoxy) is 2. The molecule has 1 aromatic heterocycles. The van der Waals surface area contributed by atoms with Gasteiger partial charge in [-0.05, 0) is 36.8 Å².